The van der Waals surface area contributed by atoms with Crippen molar-refractivity contribution in [3.63, 3.8) is 0 Å². The van der Waals surface area contributed by atoms with Crippen molar-refractivity contribution in [2.45, 2.75) is 38.9 Å². The lowest BCUT2D eigenvalue weighted by Crippen LogP contribution is -2.28. The summed E-state index contributed by atoms with van der Waals surface area (Å²) >= 11 is 0. The minimum Gasteiger partial charge on any atom is -0.364 e. The second-order valence-corrected chi connectivity index (χ2v) is 6.92. The lowest BCUT2D eigenvalue weighted by Gasteiger charge is -2.13. The molecule has 6 heteroatoms. The van der Waals surface area contributed by atoms with Crippen molar-refractivity contribution in [2.24, 2.45) is 0 Å². The maximum absolute atomic E-state index is 4.84. The summed E-state index contributed by atoms with van der Waals surface area (Å²) in [4.78, 5) is 9.66. The van der Waals surface area contributed by atoms with Gasteiger partial charge in [-0.05, 0) is 25.3 Å². The minimum absolute atomic E-state index is 0.692. The number of nitrogens with one attached hydrogen (secondary N) is 2. The Kier molecular flexibility index (Phi) is 3.90. The molecule has 0 radical (unpaired) electrons. The molecule has 3 aromatic rings. The Labute approximate surface area is 152 Å². The zero-order chi connectivity index (χ0) is 17.3. The van der Waals surface area contributed by atoms with E-state index in [0.29, 0.717) is 6.54 Å². The predicted molar refractivity (Wildman–Crippen MR) is 101 cm³/mol. The Morgan fingerprint density at radius 3 is 2.92 bits per heavy atom. The monoisotopic (exact) mass is 346 g/mol. The summed E-state index contributed by atoms with van der Waals surface area (Å²) in [6.45, 7) is 3.52. The van der Waals surface area contributed by atoms with Crippen LogP contribution in [0.25, 0.3) is 11.4 Å². The van der Waals surface area contributed by atoms with E-state index >= 15 is 0 Å². The lowest BCUT2D eigenvalue weighted by molar-refractivity contribution is 0.473. The predicted octanol–water partition coefficient (Wildman–Crippen LogP) is 2.54. The molecule has 0 amide bonds. The molecule has 2 aromatic heterocycles. The Balaban J connectivity index is 1.43. The number of hydrogen-bond donors (Lipinski definition) is 2. The van der Waals surface area contributed by atoms with E-state index in [2.05, 4.69) is 33.5 Å². The molecule has 1 aromatic carbocycles. The highest BCUT2D eigenvalue weighted by Gasteiger charge is 2.20. The first kappa shape index (κ1) is 15.5. The van der Waals surface area contributed by atoms with Gasteiger partial charge in [0.25, 0.3) is 0 Å². The molecule has 0 fully saturated rings. The smallest absolute Gasteiger partial charge is 0.161 e. The molecule has 2 aliphatic rings. The summed E-state index contributed by atoms with van der Waals surface area (Å²) in [5.41, 5.74) is 5.85. The van der Waals surface area contributed by atoms with Crippen LogP contribution in [0.15, 0.2) is 36.4 Å². The minimum atomic E-state index is 0.692. The SMILES string of the molecule is c1ccc(-c2nc3c(c(NCc4cc5n(n4)CCNC5)n2)CCC3)cc1. The van der Waals surface area contributed by atoms with Gasteiger partial charge in [0.05, 0.1) is 24.5 Å². The van der Waals surface area contributed by atoms with Gasteiger partial charge in [-0.25, -0.2) is 9.97 Å². The zero-order valence-electron chi connectivity index (χ0n) is 14.7. The second-order valence-electron chi connectivity index (χ2n) is 6.92. The van der Waals surface area contributed by atoms with Crippen LogP contribution < -0.4 is 10.6 Å². The average Bonchev–Trinajstić information content (AvgIpc) is 3.33. The molecule has 132 valence electrons. The number of benzene rings is 1. The Bertz CT molecular complexity index is 907. The van der Waals surface area contributed by atoms with Crippen molar-refractivity contribution >= 4 is 5.82 Å². The molecule has 3 heterocycles. The van der Waals surface area contributed by atoms with E-state index in [9.17, 15) is 0 Å². The quantitative estimate of drug-likeness (QED) is 0.760. The van der Waals surface area contributed by atoms with Gasteiger partial charge in [-0.2, -0.15) is 5.10 Å². The van der Waals surface area contributed by atoms with Crippen LogP contribution in [0.1, 0.15) is 29.1 Å². The highest BCUT2D eigenvalue weighted by molar-refractivity contribution is 5.60. The fourth-order valence-electron chi connectivity index (χ4n) is 3.81. The molecule has 2 N–H and O–H groups in total. The molecule has 1 aliphatic heterocycles. The molecule has 5 rings (SSSR count). The van der Waals surface area contributed by atoms with E-state index in [-0.39, 0.29) is 0 Å². The fraction of sp³-hybridized carbons (Fsp3) is 0.350. The van der Waals surface area contributed by atoms with Gasteiger partial charge in [0.1, 0.15) is 5.82 Å². The average molecular weight is 346 g/mol. The Morgan fingerprint density at radius 2 is 2.04 bits per heavy atom. The summed E-state index contributed by atoms with van der Waals surface area (Å²) in [7, 11) is 0. The van der Waals surface area contributed by atoms with Gasteiger partial charge in [-0.1, -0.05) is 30.3 Å². The van der Waals surface area contributed by atoms with Gasteiger partial charge in [0.2, 0.25) is 0 Å². The first-order chi connectivity index (χ1) is 12.9. The van der Waals surface area contributed by atoms with Crippen LogP contribution in [0.3, 0.4) is 0 Å². The van der Waals surface area contributed by atoms with E-state index in [1.54, 1.807) is 0 Å². The van der Waals surface area contributed by atoms with Gasteiger partial charge in [-0.15, -0.1) is 0 Å². The van der Waals surface area contributed by atoms with E-state index in [4.69, 9.17) is 15.1 Å². The normalized spacial score (nSPS) is 15.5. The molecule has 6 nitrogen and oxygen atoms in total. The van der Waals surface area contributed by atoms with Crippen LogP contribution in [-0.2, 0) is 32.5 Å². The molecule has 0 atom stereocenters. The first-order valence-corrected chi connectivity index (χ1v) is 9.32. The Hall–Kier alpha value is -2.73. The van der Waals surface area contributed by atoms with E-state index in [0.717, 1.165) is 61.8 Å². The molecule has 0 saturated heterocycles. The maximum Gasteiger partial charge on any atom is 0.161 e. The number of aryl methyl sites for hydroxylation is 1. The van der Waals surface area contributed by atoms with Crippen LogP contribution in [0.2, 0.25) is 0 Å². The summed E-state index contributed by atoms with van der Waals surface area (Å²) in [6.07, 6.45) is 3.24. The standard InChI is InChI=1S/C20H22N6/c1-2-5-14(6-3-1)19-23-18-8-4-7-17(18)20(24-19)22-12-15-11-16-13-21-9-10-26(16)25-15/h1-3,5-6,11,21H,4,7-10,12-13H2,(H,22,23,24). The summed E-state index contributed by atoms with van der Waals surface area (Å²) in [5.74, 6) is 1.78. The maximum atomic E-state index is 4.84. The first-order valence-electron chi connectivity index (χ1n) is 9.32. The van der Waals surface area contributed by atoms with Crippen LogP contribution in [-0.4, -0.2) is 26.3 Å². The molecular formula is C20H22N6. The van der Waals surface area contributed by atoms with Crippen LogP contribution in [0, 0.1) is 0 Å². The molecule has 1 aliphatic carbocycles. The van der Waals surface area contributed by atoms with Crippen molar-refractivity contribution in [3.8, 4) is 11.4 Å². The highest BCUT2D eigenvalue weighted by Crippen LogP contribution is 2.29. The van der Waals surface area contributed by atoms with E-state index < -0.39 is 0 Å². The van der Waals surface area contributed by atoms with E-state index in [1.165, 1.54) is 17.0 Å². The highest BCUT2D eigenvalue weighted by atomic mass is 15.3. The molecule has 0 spiro atoms. The van der Waals surface area contributed by atoms with Crippen LogP contribution in [0.4, 0.5) is 5.82 Å². The molecular weight excluding hydrogens is 324 g/mol. The summed E-state index contributed by atoms with van der Waals surface area (Å²) < 4.78 is 2.10. The van der Waals surface area contributed by atoms with Crippen molar-refractivity contribution in [1.29, 1.82) is 0 Å². The number of rotatable bonds is 4. The van der Waals surface area contributed by atoms with Gasteiger partial charge in [0.15, 0.2) is 5.82 Å². The zero-order valence-corrected chi connectivity index (χ0v) is 14.7. The molecule has 0 bridgehead atoms. The van der Waals surface area contributed by atoms with Gasteiger partial charge < -0.3 is 10.6 Å². The molecule has 26 heavy (non-hydrogen) atoms. The van der Waals surface area contributed by atoms with Crippen LogP contribution >= 0.6 is 0 Å². The number of anilines is 1. The van der Waals surface area contributed by atoms with Crippen molar-refractivity contribution in [2.75, 3.05) is 11.9 Å². The van der Waals surface area contributed by atoms with Crippen molar-refractivity contribution in [3.05, 3.63) is 59.0 Å². The third-order valence-electron chi connectivity index (χ3n) is 5.12. The summed E-state index contributed by atoms with van der Waals surface area (Å²) in [5, 5.41) is 11.6. The third-order valence-corrected chi connectivity index (χ3v) is 5.12. The van der Waals surface area contributed by atoms with Gasteiger partial charge >= 0.3 is 0 Å². The molecule has 0 unspecified atom stereocenters. The third kappa shape index (κ3) is 2.86. The number of aromatic nitrogens is 4. The summed E-state index contributed by atoms with van der Waals surface area (Å²) in [6, 6.07) is 12.4. The number of hydrogen-bond acceptors (Lipinski definition) is 5. The van der Waals surface area contributed by atoms with Crippen LogP contribution in [0.5, 0.6) is 0 Å². The lowest BCUT2D eigenvalue weighted by atomic mass is 10.2. The van der Waals surface area contributed by atoms with E-state index in [1.807, 2.05) is 18.2 Å². The van der Waals surface area contributed by atoms with Gasteiger partial charge in [0, 0.05) is 29.9 Å². The molecule has 0 saturated carbocycles. The topological polar surface area (TPSA) is 67.7 Å². The largest absolute Gasteiger partial charge is 0.364 e. The van der Waals surface area contributed by atoms with Crippen molar-refractivity contribution in [1.82, 2.24) is 25.1 Å². The number of fused-ring (bicyclic) bond motifs is 2. The second kappa shape index (κ2) is 6.53. The Morgan fingerprint density at radius 1 is 1.12 bits per heavy atom. The number of nitrogens with zero attached hydrogens (tertiary/aromatic N) is 4. The van der Waals surface area contributed by atoms with Gasteiger partial charge in [-0.3, -0.25) is 4.68 Å². The fourth-order valence-corrected chi connectivity index (χ4v) is 3.81. The van der Waals surface area contributed by atoms with Crippen molar-refractivity contribution < 1.29 is 0 Å².